The van der Waals surface area contributed by atoms with Crippen LogP contribution in [0.5, 0.6) is 5.75 Å². The molecule has 1 aromatic carbocycles. The zero-order valence-corrected chi connectivity index (χ0v) is 9.65. The van der Waals surface area contributed by atoms with E-state index in [9.17, 15) is 3.10 Å². The summed E-state index contributed by atoms with van der Waals surface area (Å²) in [5.74, 6) is 0.802. The first-order valence-corrected chi connectivity index (χ1v) is 7.80. The van der Waals surface area contributed by atoms with Gasteiger partial charge in [0.05, 0.1) is 0 Å². The van der Waals surface area contributed by atoms with E-state index in [0.29, 0.717) is 0 Å². The van der Waals surface area contributed by atoms with Crippen LogP contribution >= 0.6 is 0 Å². The topological polar surface area (TPSA) is 26.3 Å². The molecular formula is C10H10O2Te. The van der Waals surface area contributed by atoms with Crippen molar-refractivity contribution in [3.63, 3.8) is 0 Å². The van der Waals surface area contributed by atoms with E-state index in [2.05, 4.69) is 0 Å². The average molecular weight is 290 g/mol. The molecule has 1 aliphatic rings. The summed E-state index contributed by atoms with van der Waals surface area (Å²) in [4.78, 5) is 0. The van der Waals surface area contributed by atoms with Gasteiger partial charge in [0.1, 0.15) is 0 Å². The SMILES string of the molecule is COc1ccc2c(c1)[Te](=O)CC=C2. The van der Waals surface area contributed by atoms with Crippen molar-refractivity contribution in [2.24, 2.45) is 0 Å². The van der Waals surface area contributed by atoms with Crippen LogP contribution < -0.4 is 8.35 Å². The molecule has 0 radical (unpaired) electrons. The first-order chi connectivity index (χ1) is 6.31. The summed E-state index contributed by atoms with van der Waals surface area (Å²) in [7, 11) is 1.63. The van der Waals surface area contributed by atoms with Gasteiger partial charge in [0.2, 0.25) is 0 Å². The second-order valence-electron chi connectivity index (χ2n) is 2.82. The van der Waals surface area contributed by atoms with Crippen LogP contribution in [0.3, 0.4) is 0 Å². The minimum atomic E-state index is -2.25. The van der Waals surface area contributed by atoms with E-state index >= 15 is 0 Å². The number of hydrogen-bond donors (Lipinski definition) is 0. The molecule has 0 N–H and O–H groups in total. The van der Waals surface area contributed by atoms with Crippen LogP contribution in [0, 0.1) is 0 Å². The van der Waals surface area contributed by atoms with Gasteiger partial charge in [-0.2, -0.15) is 0 Å². The molecule has 3 heteroatoms. The third-order valence-corrected chi connectivity index (χ3v) is 5.83. The van der Waals surface area contributed by atoms with Crippen LogP contribution in [-0.2, 0) is 3.10 Å². The Morgan fingerprint density at radius 2 is 2.31 bits per heavy atom. The predicted octanol–water partition coefficient (Wildman–Crippen LogP) is 1.35. The third-order valence-electron chi connectivity index (χ3n) is 2.01. The second kappa shape index (κ2) is 3.61. The first kappa shape index (κ1) is 8.93. The normalized spacial score (nSPS) is 15.5. The minimum absolute atomic E-state index is 0.753. The molecule has 0 saturated carbocycles. The first-order valence-electron chi connectivity index (χ1n) is 4.04. The van der Waals surface area contributed by atoms with Crippen LogP contribution in [0.4, 0.5) is 0 Å². The molecule has 0 aliphatic carbocycles. The van der Waals surface area contributed by atoms with E-state index in [1.54, 1.807) is 7.11 Å². The Labute approximate surface area is 84.2 Å². The fraction of sp³-hybridized carbons (Fsp3) is 0.200. The Morgan fingerprint density at radius 1 is 1.46 bits per heavy atom. The molecule has 68 valence electrons. The van der Waals surface area contributed by atoms with E-state index in [-0.39, 0.29) is 0 Å². The summed E-state index contributed by atoms with van der Waals surface area (Å²) in [5, 5.41) is 0. The summed E-state index contributed by atoms with van der Waals surface area (Å²) in [6.07, 6.45) is 4.03. The third kappa shape index (κ3) is 1.67. The zero-order valence-electron chi connectivity index (χ0n) is 7.32. The van der Waals surface area contributed by atoms with Gasteiger partial charge in [0.25, 0.3) is 0 Å². The van der Waals surface area contributed by atoms with Gasteiger partial charge in [-0.25, -0.2) is 0 Å². The maximum absolute atomic E-state index is 11.7. The summed E-state index contributed by atoms with van der Waals surface area (Å²) in [6.45, 7) is 0. The summed E-state index contributed by atoms with van der Waals surface area (Å²) in [6, 6.07) is 5.78. The molecule has 13 heavy (non-hydrogen) atoms. The number of hydrogen-bond acceptors (Lipinski definition) is 2. The second-order valence-corrected chi connectivity index (χ2v) is 7.00. The Balaban J connectivity index is 2.54. The van der Waals surface area contributed by atoms with Gasteiger partial charge < -0.3 is 0 Å². The Bertz CT molecular complexity index is 383. The van der Waals surface area contributed by atoms with E-state index in [1.165, 1.54) is 0 Å². The van der Waals surface area contributed by atoms with Crippen LogP contribution in [0.25, 0.3) is 6.08 Å². The fourth-order valence-electron chi connectivity index (χ4n) is 1.33. The van der Waals surface area contributed by atoms with Gasteiger partial charge in [0.15, 0.2) is 0 Å². The van der Waals surface area contributed by atoms with Gasteiger partial charge in [-0.3, -0.25) is 0 Å². The van der Waals surface area contributed by atoms with Crippen molar-refractivity contribution in [3.8, 4) is 5.75 Å². The van der Waals surface area contributed by atoms with Gasteiger partial charge >= 0.3 is 84.2 Å². The van der Waals surface area contributed by atoms with E-state index < -0.39 is 19.5 Å². The molecule has 0 atom stereocenters. The van der Waals surface area contributed by atoms with Crippen molar-refractivity contribution in [3.05, 3.63) is 29.8 Å². The van der Waals surface area contributed by atoms with Gasteiger partial charge in [-0.1, -0.05) is 0 Å². The van der Waals surface area contributed by atoms with E-state index in [0.717, 1.165) is 19.4 Å². The van der Waals surface area contributed by atoms with Crippen molar-refractivity contribution < 1.29 is 7.84 Å². The molecule has 0 fully saturated rings. The Kier molecular flexibility index (Phi) is 2.48. The molecule has 0 saturated heterocycles. The van der Waals surface area contributed by atoms with E-state index in [4.69, 9.17) is 4.74 Å². The number of allylic oxidation sites excluding steroid dienone is 1. The van der Waals surface area contributed by atoms with Crippen LogP contribution in [0.15, 0.2) is 24.3 Å². The molecule has 1 heterocycles. The molecule has 0 amide bonds. The average Bonchev–Trinajstić information content (AvgIpc) is 2.18. The molecule has 0 bridgehead atoms. The van der Waals surface area contributed by atoms with Crippen LogP contribution in [0.1, 0.15) is 5.56 Å². The summed E-state index contributed by atoms with van der Waals surface area (Å²) >= 11 is -2.25. The Hall–Kier alpha value is -0.650. The molecule has 0 aromatic heterocycles. The van der Waals surface area contributed by atoms with Crippen LogP contribution in [0.2, 0.25) is 4.47 Å². The number of benzene rings is 1. The van der Waals surface area contributed by atoms with Crippen molar-refractivity contribution >= 4 is 29.2 Å². The number of fused-ring (bicyclic) bond motifs is 1. The van der Waals surface area contributed by atoms with Crippen molar-refractivity contribution in [2.75, 3.05) is 7.11 Å². The van der Waals surface area contributed by atoms with Gasteiger partial charge in [0, 0.05) is 0 Å². The van der Waals surface area contributed by atoms with Gasteiger partial charge in [-0.15, -0.1) is 0 Å². The quantitative estimate of drug-likeness (QED) is 0.730. The molecule has 1 aliphatic heterocycles. The van der Waals surface area contributed by atoms with Crippen molar-refractivity contribution in [1.82, 2.24) is 0 Å². The number of rotatable bonds is 1. The maximum atomic E-state index is 11.7. The monoisotopic (exact) mass is 292 g/mol. The van der Waals surface area contributed by atoms with Crippen molar-refractivity contribution in [1.29, 1.82) is 0 Å². The van der Waals surface area contributed by atoms with Crippen LogP contribution in [-0.4, -0.2) is 26.6 Å². The number of ether oxygens (including phenoxy) is 1. The zero-order chi connectivity index (χ0) is 9.26. The molecular weight excluding hydrogens is 280 g/mol. The van der Waals surface area contributed by atoms with Gasteiger partial charge in [-0.05, 0) is 0 Å². The summed E-state index contributed by atoms with van der Waals surface area (Å²) in [5.41, 5.74) is 1.10. The molecule has 1 aromatic rings. The summed E-state index contributed by atoms with van der Waals surface area (Å²) < 4.78 is 18.6. The standard InChI is InChI=1S/C10H10O2Te/c1-12-9-5-4-8-3-2-6-13(11)10(8)7-9/h2-5,7H,6H2,1H3. The molecule has 0 unspecified atom stereocenters. The fourth-order valence-corrected chi connectivity index (χ4v) is 4.46. The molecule has 0 spiro atoms. The Morgan fingerprint density at radius 3 is 3.08 bits per heavy atom. The van der Waals surface area contributed by atoms with E-state index in [1.807, 2.05) is 30.4 Å². The molecule has 2 rings (SSSR count). The van der Waals surface area contributed by atoms with Crippen molar-refractivity contribution in [2.45, 2.75) is 4.47 Å². The number of methoxy groups -OCH3 is 1. The molecule has 2 nitrogen and oxygen atoms in total. The predicted molar refractivity (Wildman–Crippen MR) is 52.9 cm³/mol.